The van der Waals surface area contributed by atoms with Crippen LogP contribution in [0.1, 0.15) is 12.8 Å². The molecule has 0 atom stereocenters. The molecule has 2 aromatic carbocycles. The number of hydrogen-bond acceptors (Lipinski definition) is 5. The van der Waals surface area contributed by atoms with E-state index in [9.17, 15) is 9.59 Å². The molecular formula is C25H27ClN4O3. The van der Waals surface area contributed by atoms with Gasteiger partial charge in [0.15, 0.2) is 0 Å². The van der Waals surface area contributed by atoms with Crippen LogP contribution in [-0.2, 0) is 11.3 Å². The number of ether oxygens (including phenoxy) is 1. The largest absolute Gasteiger partial charge is 0.497 e. The van der Waals surface area contributed by atoms with Crippen molar-refractivity contribution in [1.29, 1.82) is 0 Å². The first kappa shape index (κ1) is 22.9. The maximum Gasteiger partial charge on any atom is 0.266 e. The average Bonchev–Trinajstić information content (AvgIpc) is 2.85. The van der Waals surface area contributed by atoms with E-state index in [2.05, 4.69) is 10.00 Å². The predicted octanol–water partition coefficient (Wildman–Crippen LogP) is 3.70. The number of nitrogens with zero attached hydrogens (tertiary/aromatic N) is 4. The number of benzene rings is 2. The molecule has 1 amide bonds. The van der Waals surface area contributed by atoms with Crippen molar-refractivity contribution in [2.45, 2.75) is 19.4 Å². The lowest BCUT2D eigenvalue weighted by molar-refractivity contribution is -0.131. The third-order valence-corrected chi connectivity index (χ3v) is 6.14. The van der Waals surface area contributed by atoms with Crippen molar-refractivity contribution in [2.75, 3.05) is 38.2 Å². The second kappa shape index (κ2) is 10.5. The van der Waals surface area contributed by atoms with Gasteiger partial charge in [-0.1, -0.05) is 35.9 Å². The van der Waals surface area contributed by atoms with Crippen molar-refractivity contribution in [3.8, 4) is 17.0 Å². The van der Waals surface area contributed by atoms with Gasteiger partial charge < -0.3 is 14.5 Å². The average molecular weight is 467 g/mol. The second-order valence-electron chi connectivity index (χ2n) is 7.93. The van der Waals surface area contributed by atoms with Gasteiger partial charge in [0.25, 0.3) is 5.56 Å². The van der Waals surface area contributed by atoms with E-state index in [0.29, 0.717) is 38.2 Å². The Bertz CT molecular complexity index is 1170. The summed E-state index contributed by atoms with van der Waals surface area (Å²) in [5.74, 6) is 0.832. The van der Waals surface area contributed by atoms with E-state index in [1.165, 1.54) is 10.7 Å². The Balaban J connectivity index is 1.31. The van der Waals surface area contributed by atoms with Gasteiger partial charge in [0.2, 0.25) is 5.91 Å². The molecule has 1 fully saturated rings. The number of rotatable bonds is 7. The van der Waals surface area contributed by atoms with Crippen molar-refractivity contribution in [3.05, 3.63) is 76.0 Å². The van der Waals surface area contributed by atoms with Crippen LogP contribution in [0, 0.1) is 0 Å². The summed E-state index contributed by atoms with van der Waals surface area (Å²) in [5.41, 5.74) is 2.39. The highest BCUT2D eigenvalue weighted by Gasteiger charge is 2.22. The molecule has 172 valence electrons. The summed E-state index contributed by atoms with van der Waals surface area (Å²) in [6, 6.07) is 18.5. The minimum atomic E-state index is -0.178. The summed E-state index contributed by atoms with van der Waals surface area (Å²) >= 11 is 6.30. The van der Waals surface area contributed by atoms with Gasteiger partial charge in [-0.2, -0.15) is 5.10 Å². The van der Waals surface area contributed by atoms with E-state index in [4.69, 9.17) is 16.3 Å². The molecule has 0 unspecified atom stereocenters. The molecule has 1 aliphatic rings. The van der Waals surface area contributed by atoms with Gasteiger partial charge in [-0.15, -0.1) is 0 Å². The molecular weight excluding hydrogens is 440 g/mol. The molecule has 8 heteroatoms. The van der Waals surface area contributed by atoms with Crippen LogP contribution >= 0.6 is 11.6 Å². The lowest BCUT2D eigenvalue weighted by atomic mass is 10.1. The lowest BCUT2D eigenvalue weighted by Crippen LogP contribution is -2.48. The van der Waals surface area contributed by atoms with Crippen LogP contribution in [0.5, 0.6) is 5.75 Å². The first-order valence-corrected chi connectivity index (χ1v) is 11.4. The maximum atomic E-state index is 12.7. The SMILES string of the molecule is COc1cccc(-c2ccc(=O)n(CCCC(=O)N3CCN(c4ccccc4Cl)CC3)n2)c1. The second-order valence-corrected chi connectivity index (χ2v) is 8.34. The maximum absolute atomic E-state index is 12.7. The standard InChI is InChI=1S/C25H27ClN4O3/c1-33-20-7-4-6-19(18-20)22-11-12-25(32)30(27-22)13-5-10-24(31)29-16-14-28(15-17-29)23-9-3-2-8-21(23)26/h2-4,6-9,11-12,18H,5,10,13-17H2,1H3. The van der Waals surface area contributed by atoms with E-state index in [-0.39, 0.29) is 11.5 Å². The number of carbonyl (C=O) groups is 1. The summed E-state index contributed by atoms with van der Waals surface area (Å²) in [6.45, 7) is 3.21. The monoisotopic (exact) mass is 466 g/mol. The molecule has 1 aliphatic heterocycles. The first-order valence-electron chi connectivity index (χ1n) is 11.0. The lowest BCUT2D eigenvalue weighted by Gasteiger charge is -2.36. The van der Waals surface area contributed by atoms with Gasteiger partial charge in [0.05, 0.1) is 23.5 Å². The van der Waals surface area contributed by atoms with E-state index in [1.54, 1.807) is 13.2 Å². The number of aromatic nitrogens is 2. The normalized spacial score (nSPS) is 13.8. The third kappa shape index (κ3) is 5.54. The Kier molecular flexibility index (Phi) is 7.29. The highest BCUT2D eigenvalue weighted by atomic mass is 35.5. The van der Waals surface area contributed by atoms with Gasteiger partial charge in [0.1, 0.15) is 5.75 Å². The van der Waals surface area contributed by atoms with E-state index in [1.807, 2.05) is 53.4 Å². The minimum absolute atomic E-state index is 0.103. The van der Waals surface area contributed by atoms with Crippen LogP contribution in [0.3, 0.4) is 0 Å². The summed E-state index contributed by atoms with van der Waals surface area (Å²) in [5, 5.41) is 5.21. The van der Waals surface area contributed by atoms with Crippen molar-refractivity contribution in [2.24, 2.45) is 0 Å². The van der Waals surface area contributed by atoms with Gasteiger partial charge >= 0.3 is 0 Å². The fourth-order valence-corrected chi connectivity index (χ4v) is 4.24. The van der Waals surface area contributed by atoms with Crippen LogP contribution in [0.2, 0.25) is 5.02 Å². The molecule has 1 saturated heterocycles. The van der Waals surface area contributed by atoms with E-state index < -0.39 is 0 Å². The summed E-state index contributed by atoms with van der Waals surface area (Å²) in [4.78, 5) is 29.1. The number of aryl methyl sites for hydroxylation is 1. The Labute approximate surface area is 198 Å². The molecule has 3 aromatic rings. The summed E-state index contributed by atoms with van der Waals surface area (Å²) in [6.07, 6.45) is 0.932. The zero-order valence-corrected chi connectivity index (χ0v) is 19.4. The van der Waals surface area contributed by atoms with Gasteiger partial charge in [-0.3, -0.25) is 9.59 Å². The number of methoxy groups -OCH3 is 1. The molecule has 0 N–H and O–H groups in total. The smallest absolute Gasteiger partial charge is 0.266 e. The quantitative estimate of drug-likeness (QED) is 0.531. The molecule has 4 rings (SSSR count). The molecule has 0 aliphatic carbocycles. The summed E-state index contributed by atoms with van der Waals surface area (Å²) in [7, 11) is 1.61. The molecule has 0 saturated carbocycles. The topological polar surface area (TPSA) is 67.7 Å². The molecule has 2 heterocycles. The van der Waals surface area contributed by atoms with Gasteiger partial charge in [0, 0.05) is 50.8 Å². The first-order chi connectivity index (χ1) is 16.0. The van der Waals surface area contributed by atoms with E-state index in [0.717, 1.165) is 35.1 Å². The van der Waals surface area contributed by atoms with Gasteiger partial charge in [-0.05, 0) is 36.8 Å². The molecule has 1 aromatic heterocycles. The Morgan fingerprint density at radius 3 is 2.58 bits per heavy atom. The number of piperazine rings is 1. The molecule has 0 bridgehead atoms. The molecule has 33 heavy (non-hydrogen) atoms. The van der Waals surface area contributed by atoms with Crippen molar-refractivity contribution in [3.63, 3.8) is 0 Å². The van der Waals surface area contributed by atoms with Crippen molar-refractivity contribution < 1.29 is 9.53 Å². The molecule has 0 spiro atoms. The minimum Gasteiger partial charge on any atom is -0.497 e. The third-order valence-electron chi connectivity index (χ3n) is 5.82. The number of para-hydroxylation sites is 1. The van der Waals surface area contributed by atoms with Crippen LogP contribution in [0.4, 0.5) is 5.69 Å². The van der Waals surface area contributed by atoms with Crippen LogP contribution in [0.15, 0.2) is 65.5 Å². The fourth-order valence-electron chi connectivity index (χ4n) is 3.99. The predicted molar refractivity (Wildman–Crippen MR) is 130 cm³/mol. The zero-order chi connectivity index (χ0) is 23.2. The highest BCUT2D eigenvalue weighted by Crippen LogP contribution is 2.26. The number of halogens is 1. The molecule has 0 radical (unpaired) electrons. The number of carbonyl (C=O) groups excluding carboxylic acids is 1. The molecule has 7 nitrogen and oxygen atoms in total. The number of amides is 1. The van der Waals surface area contributed by atoms with Gasteiger partial charge in [-0.25, -0.2) is 4.68 Å². The highest BCUT2D eigenvalue weighted by molar-refractivity contribution is 6.33. The fraction of sp³-hybridized carbons (Fsp3) is 0.320. The Morgan fingerprint density at radius 2 is 1.82 bits per heavy atom. The van der Waals surface area contributed by atoms with Crippen LogP contribution in [0.25, 0.3) is 11.3 Å². The zero-order valence-electron chi connectivity index (χ0n) is 18.6. The van der Waals surface area contributed by atoms with Crippen LogP contribution in [-0.4, -0.2) is 53.9 Å². The number of hydrogen-bond donors (Lipinski definition) is 0. The summed E-state index contributed by atoms with van der Waals surface area (Å²) < 4.78 is 6.70. The number of anilines is 1. The van der Waals surface area contributed by atoms with E-state index >= 15 is 0 Å². The Hall–Kier alpha value is -3.32. The Morgan fingerprint density at radius 1 is 1.03 bits per heavy atom. The van der Waals surface area contributed by atoms with Crippen LogP contribution < -0.4 is 15.2 Å². The van der Waals surface area contributed by atoms with Crippen molar-refractivity contribution >= 4 is 23.2 Å². The van der Waals surface area contributed by atoms with Crippen molar-refractivity contribution in [1.82, 2.24) is 14.7 Å².